The van der Waals surface area contributed by atoms with Gasteiger partial charge in [-0.2, -0.15) is 0 Å². The average Bonchev–Trinajstić information content (AvgIpc) is 2.60. The van der Waals surface area contributed by atoms with Crippen LogP contribution in [0.2, 0.25) is 0 Å². The standard InChI is InChI=1S/C18H20O5/c1-20-14-10-15(21-2)17(22-3)18-16(14)12(19)9-13(23-18)11-7-5-4-6-8-11/h4-8,10,12-13,19H,9H2,1-3H3. The van der Waals surface area contributed by atoms with Crippen molar-refractivity contribution in [3.63, 3.8) is 0 Å². The predicted molar refractivity (Wildman–Crippen MR) is 85.5 cm³/mol. The Labute approximate surface area is 135 Å². The highest BCUT2D eigenvalue weighted by Gasteiger charge is 2.35. The van der Waals surface area contributed by atoms with E-state index in [0.29, 0.717) is 35.0 Å². The highest BCUT2D eigenvalue weighted by atomic mass is 16.5. The number of fused-ring (bicyclic) bond motifs is 1. The van der Waals surface area contributed by atoms with Crippen molar-refractivity contribution in [1.82, 2.24) is 0 Å². The van der Waals surface area contributed by atoms with Crippen LogP contribution in [0, 0.1) is 0 Å². The van der Waals surface area contributed by atoms with E-state index in [2.05, 4.69) is 0 Å². The van der Waals surface area contributed by atoms with Crippen molar-refractivity contribution in [3.8, 4) is 23.0 Å². The lowest BCUT2D eigenvalue weighted by Gasteiger charge is -2.32. The number of methoxy groups -OCH3 is 3. The van der Waals surface area contributed by atoms with Gasteiger partial charge in [-0.25, -0.2) is 0 Å². The van der Waals surface area contributed by atoms with E-state index in [-0.39, 0.29) is 6.10 Å². The molecule has 2 aromatic rings. The van der Waals surface area contributed by atoms with E-state index in [9.17, 15) is 5.11 Å². The summed E-state index contributed by atoms with van der Waals surface area (Å²) in [5.74, 6) is 1.96. The molecule has 0 aliphatic carbocycles. The molecule has 2 aromatic carbocycles. The molecule has 1 aliphatic heterocycles. The number of benzene rings is 2. The molecule has 1 aliphatic rings. The molecule has 0 aromatic heterocycles. The molecule has 23 heavy (non-hydrogen) atoms. The first-order chi connectivity index (χ1) is 11.2. The second-order valence-electron chi connectivity index (χ2n) is 5.33. The summed E-state index contributed by atoms with van der Waals surface area (Å²) in [7, 11) is 4.65. The first-order valence-electron chi connectivity index (χ1n) is 7.42. The molecule has 5 heteroatoms. The Morgan fingerprint density at radius 3 is 2.30 bits per heavy atom. The second-order valence-corrected chi connectivity index (χ2v) is 5.33. The van der Waals surface area contributed by atoms with Crippen molar-refractivity contribution in [1.29, 1.82) is 0 Å². The molecule has 1 N–H and O–H groups in total. The van der Waals surface area contributed by atoms with Gasteiger partial charge in [0.2, 0.25) is 5.75 Å². The quantitative estimate of drug-likeness (QED) is 0.938. The number of hydrogen-bond donors (Lipinski definition) is 1. The third-order valence-corrected chi connectivity index (χ3v) is 4.05. The van der Waals surface area contributed by atoms with E-state index in [1.807, 2.05) is 30.3 Å². The summed E-state index contributed by atoms with van der Waals surface area (Å²) in [6, 6.07) is 11.5. The van der Waals surface area contributed by atoms with Gasteiger partial charge in [-0.3, -0.25) is 0 Å². The Kier molecular flexibility index (Phi) is 4.30. The minimum Gasteiger partial charge on any atom is -0.496 e. The zero-order valence-electron chi connectivity index (χ0n) is 13.4. The van der Waals surface area contributed by atoms with Crippen LogP contribution in [0.25, 0.3) is 0 Å². The zero-order chi connectivity index (χ0) is 16.4. The van der Waals surface area contributed by atoms with E-state index in [4.69, 9.17) is 18.9 Å². The van der Waals surface area contributed by atoms with Gasteiger partial charge in [0.25, 0.3) is 0 Å². The molecule has 122 valence electrons. The monoisotopic (exact) mass is 316 g/mol. The molecule has 0 fully saturated rings. The van der Waals surface area contributed by atoms with Crippen molar-refractivity contribution in [3.05, 3.63) is 47.5 Å². The Morgan fingerprint density at radius 1 is 1.00 bits per heavy atom. The second kappa shape index (κ2) is 6.38. The normalized spacial score (nSPS) is 19.5. The average molecular weight is 316 g/mol. The SMILES string of the molecule is COc1cc(OC)c2c(c1OC)OC(c1ccccc1)CC2O. The summed E-state index contributed by atoms with van der Waals surface area (Å²) in [4.78, 5) is 0. The maximum atomic E-state index is 10.6. The molecule has 0 radical (unpaired) electrons. The van der Waals surface area contributed by atoms with Crippen LogP contribution in [0.15, 0.2) is 36.4 Å². The number of rotatable bonds is 4. The molecule has 0 amide bonds. The largest absolute Gasteiger partial charge is 0.496 e. The molecule has 0 saturated carbocycles. The molecule has 0 spiro atoms. The number of aliphatic hydroxyl groups excluding tert-OH is 1. The Bertz CT molecular complexity index is 684. The van der Waals surface area contributed by atoms with E-state index in [0.717, 1.165) is 5.56 Å². The smallest absolute Gasteiger partial charge is 0.204 e. The number of aliphatic hydroxyl groups is 1. The van der Waals surface area contributed by atoms with Crippen molar-refractivity contribution in [2.45, 2.75) is 18.6 Å². The topological polar surface area (TPSA) is 57.2 Å². The van der Waals surface area contributed by atoms with E-state index in [1.54, 1.807) is 27.4 Å². The summed E-state index contributed by atoms with van der Waals surface area (Å²) in [6.45, 7) is 0. The Balaban J connectivity index is 2.11. The summed E-state index contributed by atoms with van der Waals surface area (Å²) >= 11 is 0. The van der Waals surface area contributed by atoms with Gasteiger partial charge in [0.15, 0.2) is 11.5 Å². The van der Waals surface area contributed by atoms with Gasteiger partial charge < -0.3 is 24.1 Å². The van der Waals surface area contributed by atoms with E-state index in [1.165, 1.54) is 0 Å². The van der Waals surface area contributed by atoms with Crippen molar-refractivity contribution in [2.75, 3.05) is 21.3 Å². The predicted octanol–water partition coefficient (Wildman–Crippen LogP) is 3.27. The lowest BCUT2D eigenvalue weighted by molar-refractivity contribution is 0.0601. The van der Waals surface area contributed by atoms with Gasteiger partial charge in [0.05, 0.1) is 33.0 Å². The number of ether oxygens (including phenoxy) is 4. The molecule has 3 rings (SSSR count). The summed E-state index contributed by atoms with van der Waals surface area (Å²) in [6.07, 6.45) is -0.522. The fraction of sp³-hybridized carbons (Fsp3) is 0.333. The lowest BCUT2D eigenvalue weighted by Crippen LogP contribution is -2.20. The highest BCUT2D eigenvalue weighted by Crippen LogP contribution is 2.53. The molecule has 1 heterocycles. The summed E-state index contributed by atoms with van der Waals surface area (Å²) < 4.78 is 22.3. The Morgan fingerprint density at radius 2 is 1.70 bits per heavy atom. The minimum absolute atomic E-state index is 0.260. The van der Waals surface area contributed by atoms with Gasteiger partial charge in [-0.1, -0.05) is 30.3 Å². The third kappa shape index (κ3) is 2.68. The van der Waals surface area contributed by atoms with Crippen molar-refractivity contribution < 1.29 is 24.1 Å². The molecule has 2 atom stereocenters. The summed E-state index contributed by atoms with van der Waals surface area (Å²) in [5.41, 5.74) is 1.60. The van der Waals surface area contributed by atoms with Crippen LogP contribution in [-0.2, 0) is 0 Å². The van der Waals surface area contributed by atoms with Crippen LogP contribution in [-0.4, -0.2) is 26.4 Å². The molecular formula is C18H20O5. The van der Waals surface area contributed by atoms with Crippen molar-refractivity contribution in [2.24, 2.45) is 0 Å². The van der Waals surface area contributed by atoms with Crippen LogP contribution in [0.5, 0.6) is 23.0 Å². The highest BCUT2D eigenvalue weighted by molar-refractivity contribution is 5.63. The van der Waals surface area contributed by atoms with Crippen molar-refractivity contribution >= 4 is 0 Å². The van der Waals surface area contributed by atoms with E-state index < -0.39 is 6.10 Å². The van der Waals surface area contributed by atoms with E-state index >= 15 is 0 Å². The molecule has 2 unspecified atom stereocenters. The van der Waals surface area contributed by atoms with Gasteiger partial charge in [-0.05, 0) is 5.56 Å². The van der Waals surface area contributed by atoms with Crippen LogP contribution in [0.4, 0.5) is 0 Å². The molecule has 0 bridgehead atoms. The lowest BCUT2D eigenvalue weighted by atomic mass is 9.93. The fourth-order valence-electron chi connectivity index (χ4n) is 2.94. The molecule has 5 nitrogen and oxygen atoms in total. The maximum Gasteiger partial charge on any atom is 0.204 e. The minimum atomic E-state index is -0.710. The third-order valence-electron chi connectivity index (χ3n) is 4.05. The van der Waals surface area contributed by atoms with Crippen LogP contribution in [0.3, 0.4) is 0 Å². The van der Waals surface area contributed by atoms with Crippen LogP contribution in [0.1, 0.15) is 29.8 Å². The van der Waals surface area contributed by atoms with Gasteiger partial charge in [0.1, 0.15) is 11.9 Å². The van der Waals surface area contributed by atoms with Crippen LogP contribution >= 0.6 is 0 Å². The number of hydrogen-bond acceptors (Lipinski definition) is 5. The first kappa shape index (κ1) is 15.5. The van der Waals surface area contributed by atoms with Gasteiger partial charge >= 0.3 is 0 Å². The first-order valence-corrected chi connectivity index (χ1v) is 7.42. The summed E-state index contributed by atoms with van der Waals surface area (Å²) in [5, 5.41) is 10.6. The molecule has 0 saturated heterocycles. The molecular weight excluding hydrogens is 296 g/mol. The maximum absolute atomic E-state index is 10.6. The zero-order valence-corrected chi connectivity index (χ0v) is 13.4. The van der Waals surface area contributed by atoms with Crippen LogP contribution < -0.4 is 18.9 Å². The van der Waals surface area contributed by atoms with Gasteiger partial charge in [0, 0.05) is 12.5 Å². The fourth-order valence-corrected chi connectivity index (χ4v) is 2.94. The van der Waals surface area contributed by atoms with Gasteiger partial charge in [-0.15, -0.1) is 0 Å². The Hall–Kier alpha value is -2.40.